The van der Waals surface area contributed by atoms with Crippen molar-refractivity contribution in [2.75, 3.05) is 47.6 Å². The van der Waals surface area contributed by atoms with Crippen molar-refractivity contribution < 1.29 is 69.1 Å². The second kappa shape index (κ2) is 24.3. The molecule has 0 aliphatic carbocycles. The first-order chi connectivity index (χ1) is 35.8. The van der Waals surface area contributed by atoms with Crippen LogP contribution < -0.4 is 24.3 Å². The molecule has 1 N–H and O–H groups in total. The highest BCUT2D eigenvalue weighted by atomic mass is 32.2. The number of methoxy groups -OCH3 is 3. The van der Waals surface area contributed by atoms with E-state index in [0.29, 0.717) is 76.3 Å². The van der Waals surface area contributed by atoms with E-state index in [9.17, 15) is 40.7 Å². The number of thioether (sulfide) groups is 2. The number of carbonyl (C=O) groups excluding carboxylic acids is 3. The molecule has 0 radical (unpaired) electrons. The molecule has 0 saturated carbocycles. The summed E-state index contributed by atoms with van der Waals surface area (Å²) in [5.74, 6) is -1.07. The van der Waals surface area contributed by atoms with Crippen LogP contribution in [0.25, 0.3) is 12.2 Å². The maximum Gasteiger partial charge on any atom is 0.420 e. The van der Waals surface area contributed by atoms with Crippen LogP contribution in [0.4, 0.5) is 26.3 Å². The Balaban J connectivity index is 0.000000219. The van der Waals surface area contributed by atoms with Crippen LogP contribution in [0, 0.1) is 34.5 Å². The number of hydrogen-bond donors (Lipinski definition) is 1. The average Bonchev–Trinajstić information content (AvgIpc) is 3.95. The van der Waals surface area contributed by atoms with Gasteiger partial charge in [0.1, 0.15) is 11.5 Å². The van der Waals surface area contributed by atoms with Gasteiger partial charge >= 0.3 is 18.3 Å². The lowest BCUT2D eigenvalue weighted by atomic mass is 9.97. The quantitative estimate of drug-likeness (QED) is 0.0846. The van der Waals surface area contributed by atoms with E-state index in [1.54, 1.807) is 42.5 Å². The molecule has 3 saturated heterocycles. The minimum atomic E-state index is -4.73. The highest BCUT2D eigenvalue weighted by Gasteiger charge is 2.37. The van der Waals surface area contributed by atoms with E-state index in [0.717, 1.165) is 37.1 Å². The molecule has 4 aromatic rings. The zero-order valence-electron chi connectivity index (χ0n) is 40.5. The molecule has 23 heteroatoms. The number of halogens is 6. The summed E-state index contributed by atoms with van der Waals surface area (Å²) in [6, 6.07) is 18.6. The van der Waals surface area contributed by atoms with Crippen molar-refractivity contribution in [2.45, 2.75) is 51.1 Å². The number of carbonyl (C=O) groups is 3. The molecule has 392 valence electrons. The van der Waals surface area contributed by atoms with Gasteiger partial charge < -0.3 is 38.6 Å². The molecule has 15 nitrogen and oxygen atoms in total. The highest BCUT2D eigenvalue weighted by Crippen LogP contribution is 2.44. The van der Waals surface area contributed by atoms with Gasteiger partial charge in [0.15, 0.2) is 33.3 Å². The van der Waals surface area contributed by atoms with Gasteiger partial charge in [-0.25, -0.2) is 0 Å². The minimum Gasteiger partial charge on any atom is -0.493 e. The standard InChI is InChI=1S/C26H22F3N3O5S.C26H24F3N3O4S/c1-35-21-12-15(3-6-20(21)37-19-5-4-16(14-30)11-18(19)26(27,28)29)13-22-23(33)31-25(38-22)32-9-7-17(8-10-32)24(34)36-2;1-15-7-8-35-18(9-15)14-31-25-32-24(33)23(37-25)12-16-3-6-21(22(11-16)34-2)36-20-5-4-17(13-30)10-19(20)26(27,28)29/h3-6,11-13,17H,7-10H2,1-2H3;3-6,10-12,15,18H,7-9,14H2,1-2H3,(H,31,32,33)/b22-13-;23-12-. The SMILES string of the molecule is COC(=O)C1CCN(C2=NC(=O)/C(=C/c3ccc(Oc4ccc(C#N)cc4C(F)(F)F)c(OC)c3)S2)CC1.COc1cc(/C=C2\SC(=NCC3CC(C)CCO3)NC2=O)ccc1Oc1ccc(C#N)cc1C(F)(F)F. The number of nitrogens with one attached hydrogen (secondary N) is 1. The van der Waals surface area contributed by atoms with Crippen LogP contribution in [0.2, 0.25) is 0 Å². The first kappa shape index (κ1) is 55.3. The largest absolute Gasteiger partial charge is 0.493 e. The van der Waals surface area contributed by atoms with Crippen LogP contribution in [0.15, 0.2) is 92.6 Å². The third-order valence-corrected chi connectivity index (χ3v) is 13.9. The second-order valence-electron chi connectivity index (χ2n) is 17.1. The lowest BCUT2D eigenvalue weighted by molar-refractivity contribution is -0.146. The maximum absolute atomic E-state index is 13.5. The summed E-state index contributed by atoms with van der Waals surface area (Å²) in [6.07, 6.45) is -2.99. The molecule has 2 unspecified atom stereocenters. The van der Waals surface area contributed by atoms with Crippen molar-refractivity contribution in [1.82, 2.24) is 10.2 Å². The van der Waals surface area contributed by atoms with Gasteiger partial charge in [0.05, 0.1) is 84.1 Å². The molecule has 4 aromatic carbocycles. The van der Waals surface area contributed by atoms with Gasteiger partial charge in [0.2, 0.25) is 0 Å². The van der Waals surface area contributed by atoms with Crippen molar-refractivity contribution in [2.24, 2.45) is 21.8 Å². The zero-order valence-corrected chi connectivity index (χ0v) is 42.1. The molecule has 4 heterocycles. The number of aliphatic imine (C=N–C) groups is 2. The lowest BCUT2D eigenvalue weighted by Crippen LogP contribution is -2.38. The summed E-state index contributed by atoms with van der Waals surface area (Å²) in [4.78, 5) is 48.1. The fraction of sp³-hybridized carbons (Fsp3) is 0.327. The maximum atomic E-state index is 13.5. The van der Waals surface area contributed by atoms with E-state index in [2.05, 4.69) is 22.2 Å². The van der Waals surface area contributed by atoms with Gasteiger partial charge in [-0.1, -0.05) is 19.1 Å². The van der Waals surface area contributed by atoms with E-state index in [4.69, 9.17) is 38.9 Å². The van der Waals surface area contributed by atoms with Crippen molar-refractivity contribution in [3.05, 3.63) is 116 Å². The summed E-state index contributed by atoms with van der Waals surface area (Å²) in [5, 5.41) is 21.7. The van der Waals surface area contributed by atoms with E-state index in [1.807, 2.05) is 4.90 Å². The average molecular weight is 1080 g/mol. The molecule has 0 bridgehead atoms. The molecule has 75 heavy (non-hydrogen) atoms. The number of piperidine rings is 1. The van der Waals surface area contributed by atoms with E-state index < -0.39 is 40.9 Å². The highest BCUT2D eigenvalue weighted by molar-refractivity contribution is 8.19. The van der Waals surface area contributed by atoms with Gasteiger partial charge in [-0.15, -0.1) is 0 Å². The van der Waals surface area contributed by atoms with Crippen molar-refractivity contribution in [1.29, 1.82) is 10.5 Å². The first-order valence-corrected chi connectivity index (χ1v) is 24.6. The van der Waals surface area contributed by atoms with Gasteiger partial charge in [-0.05, 0) is 139 Å². The Bertz CT molecular complexity index is 3050. The number of amidine groups is 2. The zero-order chi connectivity index (χ0) is 54.0. The summed E-state index contributed by atoms with van der Waals surface area (Å²) in [6.45, 7) is 4.50. The number of ether oxygens (including phenoxy) is 6. The number of nitriles is 2. The summed E-state index contributed by atoms with van der Waals surface area (Å²) in [7, 11) is 4.07. The number of rotatable bonds is 11. The van der Waals surface area contributed by atoms with Crippen molar-refractivity contribution >= 4 is 63.8 Å². The molecule has 8 rings (SSSR count). The van der Waals surface area contributed by atoms with Crippen molar-refractivity contribution in [3.63, 3.8) is 0 Å². The first-order valence-electron chi connectivity index (χ1n) is 23.0. The number of hydrogen-bond acceptors (Lipinski definition) is 15. The fourth-order valence-electron chi connectivity index (χ4n) is 7.97. The third kappa shape index (κ3) is 14.2. The number of amides is 2. The lowest BCUT2D eigenvalue weighted by Gasteiger charge is -2.31. The van der Waals surface area contributed by atoms with Crippen LogP contribution in [0.1, 0.15) is 66.0 Å². The minimum absolute atomic E-state index is 0.0284. The molecule has 4 aliphatic heterocycles. The predicted octanol–water partition coefficient (Wildman–Crippen LogP) is 11.0. The van der Waals surface area contributed by atoms with Gasteiger partial charge in [0.25, 0.3) is 11.8 Å². The molecular formula is C52H46F6N6O9S2. The number of likely N-dealkylation sites (tertiary alicyclic amines) is 1. The van der Waals surface area contributed by atoms with Gasteiger partial charge in [-0.2, -0.15) is 41.9 Å². The molecule has 0 spiro atoms. The topological polar surface area (TPSA) is 194 Å². The fourth-order valence-corrected chi connectivity index (χ4v) is 9.76. The number of nitrogens with zero attached hydrogens (tertiary/aromatic N) is 5. The van der Waals surface area contributed by atoms with E-state index in [1.165, 1.54) is 75.2 Å². The Labute approximate surface area is 435 Å². The molecule has 4 aliphatic rings. The second-order valence-corrected chi connectivity index (χ2v) is 19.1. The molecule has 2 amide bonds. The summed E-state index contributed by atoms with van der Waals surface area (Å²) in [5.41, 5.74) is -1.29. The van der Waals surface area contributed by atoms with Crippen LogP contribution in [-0.2, 0) is 36.2 Å². The Morgan fingerprint density at radius 3 is 1.80 bits per heavy atom. The summed E-state index contributed by atoms with van der Waals surface area (Å²) >= 11 is 2.41. The molecule has 2 atom stereocenters. The number of esters is 1. The third-order valence-electron chi connectivity index (χ3n) is 11.9. The molecular weight excluding hydrogens is 1030 g/mol. The summed E-state index contributed by atoms with van der Waals surface area (Å²) < 4.78 is 113. The Kier molecular flexibility index (Phi) is 17.9. The number of alkyl halides is 6. The Morgan fingerprint density at radius 1 is 0.773 bits per heavy atom. The van der Waals surface area contributed by atoms with Crippen molar-refractivity contribution in [3.8, 4) is 46.6 Å². The van der Waals surface area contributed by atoms with E-state index >= 15 is 0 Å². The number of benzene rings is 4. The van der Waals surface area contributed by atoms with Gasteiger partial charge in [-0.3, -0.25) is 19.4 Å². The van der Waals surface area contributed by atoms with Crippen LogP contribution >= 0.6 is 23.5 Å². The Hall–Kier alpha value is -7.47. The monoisotopic (exact) mass is 1080 g/mol. The molecule has 3 fully saturated rings. The normalized spacial score (nSPS) is 19.7. The smallest absolute Gasteiger partial charge is 0.420 e. The van der Waals surface area contributed by atoms with Crippen LogP contribution in [0.3, 0.4) is 0 Å². The van der Waals surface area contributed by atoms with Crippen LogP contribution in [0.5, 0.6) is 34.5 Å². The Morgan fingerprint density at radius 2 is 1.31 bits per heavy atom. The molecule has 0 aromatic heterocycles. The van der Waals surface area contributed by atoms with E-state index in [-0.39, 0.29) is 58.0 Å². The van der Waals surface area contributed by atoms with Crippen LogP contribution in [-0.4, -0.2) is 86.7 Å². The predicted molar refractivity (Wildman–Crippen MR) is 267 cm³/mol. The van der Waals surface area contributed by atoms with Gasteiger partial charge in [0, 0.05) is 19.7 Å².